The molecular weight excluding hydrogens is 168 g/mol. The predicted molar refractivity (Wildman–Crippen MR) is 53.2 cm³/mol. The fraction of sp³-hybridized carbons (Fsp3) is 0.778. The lowest BCUT2D eigenvalue weighted by molar-refractivity contribution is 0.162. The Kier molecular flexibility index (Phi) is 6.36. The highest BCUT2D eigenvalue weighted by Crippen LogP contribution is 2.05. The second kappa shape index (κ2) is 6.74. The first-order valence-electron chi connectivity index (χ1n) is 4.47. The third-order valence-electron chi connectivity index (χ3n) is 1.78. The average Bonchev–Trinajstić information content (AvgIpc) is 2.05. The molecule has 0 heterocycles. The molecule has 0 fully saturated rings. The van der Waals surface area contributed by atoms with Gasteiger partial charge in [0.1, 0.15) is 0 Å². The van der Waals surface area contributed by atoms with Crippen molar-refractivity contribution in [3.8, 4) is 0 Å². The van der Waals surface area contributed by atoms with Gasteiger partial charge in [-0.25, -0.2) is 0 Å². The summed E-state index contributed by atoms with van der Waals surface area (Å²) in [7, 11) is 3.88. The minimum Gasteiger partial charge on any atom is -0.395 e. The van der Waals surface area contributed by atoms with Crippen molar-refractivity contribution in [2.75, 3.05) is 40.4 Å². The lowest BCUT2D eigenvalue weighted by Gasteiger charge is -2.30. The summed E-state index contributed by atoms with van der Waals surface area (Å²) in [5.74, 6) is 1.02. The number of hydrogen-bond acceptors (Lipinski definition) is 4. The lowest BCUT2D eigenvalue weighted by atomic mass is 10.4. The molecule has 0 saturated heterocycles. The number of aliphatic hydroxyl groups excluding tert-OH is 2. The highest BCUT2D eigenvalue weighted by atomic mass is 16.3. The van der Waals surface area contributed by atoms with Gasteiger partial charge in [0.15, 0.2) is 0 Å². The summed E-state index contributed by atoms with van der Waals surface area (Å²) in [4.78, 5) is 3.91. The monoisotopic (exact) mass is 188 g/mol. The maximum absolute atomic E-state index is 8.82. The van der Waals surface area contributed by atoms with Gasteiger partial charge in [-0.05, 0) is 13.0 Å². The van der Waals surface area contributed by atoms with E-state index in [4.69, 9.17) is 10.2 Å². The first-order valence-corrected chi connectivity index (χ1v) is 4.47. The smallest absolute Gasteiger partial charge is 0.0991 e. The van der Waals surface area contributed by atoms with Crippen LogP contribution in [0.5, 0.6) is 0 Å². The highest BCUT2D eigenvalue weighted by Gasteiger charge is 2.08. The number of aliphatic hydroxyl groups is 2. The molecule has 0 spiro atoms. The molecule has 0 aliphatic carbocycles. The summed E-state index contributed by atoms with van der Waals surface area (Å²) < 4.78 is 0. The molecule has 0 amide bonds. The molecule has 0 unspecified atom stereocenters. The van der Waals surface area contributed by atoms with Crippen molar-refractivity contribution in [2.24, 2.45) is 0 Å². The van der Waals surface area contributed by atoms with E-state index in [9.17, 15) is 0 Å². The van der Waals surface area contributed by atoms with E-state index < -0.39 is 0 Å². The number of nitrogens with zero attached hydrogens (tertiary/aromatic N) is 2. The molecule has 0 aliphatic rings. The summed E-state index contributed by atoms with van der Waals surface area (Å²) in [6.45, 7) is 3.25. The summed E-state index contributed by atoms with van der Waals surface area (Å²) in [6.07, 6.45) is 1.96. The van der Waals surface area contributed by atoms with Gasteiger partial charge >= 0.3 is 0 Å². The van der Waals surface area contributed by atoms with E-state index in [0.717, 1.165) is 5.82 Å². The van der Waals surface area contributed by atoms with Crippen molar-refractivity contribution in [2.45, 2.75) is 6.92 Å². The Labute approximate surface area is 80.1 Å². The second-order valence-electron chi connectivity index (χ2n) is 2.98. The molecule has 0 rings (SSSR count). The quantitative estimate of drug-likeness (QED) is 0.600. The fourth-order valence-corrected chi connectivity index (χ4v) is 1.31. The maximum Gasteiger partial charge on any atom is 0.0991 e. The minimum absolute atomic E-state index is 0.102. The molecule has 0 aromatic heterocycles. The third-order valence-corrected chi connectivity index (χ3v) is 1.78. The van der Waals surface area contributed by atoms with Crippen LogP contribution in [0.1, 0.15) is 6.92 Å². The van der Waals surface area contributed by atoms with Gasteiger partial charge in [0.05, 0.1) is 19.0 Å². The molecule has 0 bridgehead atoms. The molecule has 0 aromatic rings. The zero-order valence-corrected chi connectivity index (χ0v) is 8.69. The number of rotatable bonds is 6. The van der Waals surface area contributed by atoms with Crippen LogP contribution in [-0.4, -0.2) is 60.4 Å². The van der Waals surface area contributed by atoms with Gasteiger partial charge in [0.2, 0.25) is 0 Å². The van der Waals surface area contributed by atoms with Gasteiger partial charge in [-0.3, -0.25) is 0 Å². The van der Waals surface area contributed by atoms with Crippen molar-refractivity contribution in [1.29, 1.82) is 0 Å². The van der Waals surface area contributed by atoms with E-state index in [1.54, 1.807) is 0 Å². The molecular formula is C9H20N2O2. The average molecular weight is 188 g/mol. The first-order chi connectivity index (χ1) is 6.17. The van der Waals surface area contributed by atoms with E-state index in [0.29, 0.717) is 13.1 Å². The standard InChI is InChI=1S/C9H20N2O2/c1-4-9(10(2)3)11(5-7-12)6-8-13/h4,12-13H,5-8H2,1-3H3. The Morgan fingerprint density at radius 2 is 1.62 bits per heavy atom. The van der Waals surface area contributed by atoms with E-state index in [-0.39, 0.29) is 13.2 Å². The summed E-state index contributed by atoms with van der Waals surface area (Å²) >= 11 is 0. The summed E-state index contributed by atoms with van der Waals surface area (Å²) in [6, 6.07) is 0. The van der Waals surface area contributed by atoms with Gasteiger partial charge in [0, 0.05) is 27.2 Å². The largest absolute Gasteiger partial charge is 0.395 e. The Morgan fingerprint density at radius 1 is 1.15 bits per heavy atom. The van der Waals surface area contributed by atoms with Crippen LogP contribution in [-0.2, 0) is 0 Å². The highest BCUT2D eigenvalue weighted by molar-refractivity contribution is 4.96. The van der Waals surface area contributed by atoms with E-state index in [1.165, 1.54) is 0 Å². The Balaban J connectivity index is 4.30. The molecule has 13 heavy (non-hydrogen) atoms. The van der Waals surface area contributed by atoms with Crippen LogP contribution in [0.2, 0.25) is 0 Å². The topological polar surface area (TPSA) is 46.9 Å². The van der Waals surface area contributed by atoms with Crippen LogP contribution in [0.25, 0.3) is 0 Å². The van der Waals surface area contributed by atoms with E-state index in [1.807, 2.05) is 36.9 Å². The molecule has 78 valence electrons. The Morgan fingerprint density at radius 3 is 1.85 bits per heavy atom. The van der Waals surface area contributed by atoms with Crippen molar-refractivity contribution in [3.05, 3.63) is 11.9 Å². The van der Waals surface area contributed by atoms with Gasteiger partial charge in [-0.1, -0.05) is 0 Å². The van der Waals surface area contributed by atoms with Crippen molar-refractivity contribution < 1.29 is 10.2 Å². The second-order valence-corrected chi connectivity index (χ2v) is 2.98. The van der Waals surface area contributed by atoms with Gasteiger partial charge < -0.3 is 20.0 Å². The normalized spacial score (nSPS) is 11.6. The van der Waals surface area contributed by atoms with Crippen LogP contribution >= 0.6 is 0 Å². The van der Waals surface area contributed by atoms with Crippen LogP contribution in [0.4, 0.5) is 0 Å². The Bertz CT molecular complexity index is 152. The van der Waals surface area contributed by atoms with Crippen molar-refractivity contribution >= 4 is 0 Å². The molecule has 4 nitrogen and oxygen atoms in total. The molecule has 0 saturated carbocycles. The summed E-state index contributed by atoms with van der Waals surface area (Å²) in [5, 5.41) is 17.6. The number of allylic oxidation sites excluding steroid dienone is 1. The van der Waals surface area contributed by atoms with Gasteiger partial charge in [0.25, 0.3) is 0 Å². The lowest BCUT2D eigenvalue weighted by Crippen LogP contribution is -2.35. The fourth-order valence-electron chi connectivity index (χ4n) is 1.31. The molecule has 0 radical (unpaired) electrons. The predicted octanol–water partition coefficient (Wildman–Crippen LogP) is -0.304. The molecule has 0 aromatic carbocycles. The van der Waals surface area contributed by atoms with E-state index >= 15 is 0 Å². The summed E-state index contributed by atoms with van der Waals surface area (Å²) in [5.41, 5.74) is 0. The molecule has 0 aliphatic heterocycles. The Hall–Kier alpha value is -0.740. The zero-order chi connectivity index (χ0) is 10.3. The van der Waals surface area contributed by atoms with Crippen LogP contribution in [0.15, 0.2) is 11.9 Å². The first kappa shape index (κ1) is 12.3. The van der Waals surface area contributed by atoms with Gasteiger partial charge in [-0.2, -0.15) is 0 Å². The molecule has 0 atom stereocenters. The van der Waals surface area contributed by atoms with Crippen LogP contribution in [0.3, 0.4) is 0 Å². The van der Waals surface area contributed by atoms with Crippen molar-refractivity contribution in [1.82, 2.24) is 9.80 Å². The zero-order valence-electron chi connectivity index (χ0n) is 8.69. The van der Waals surface area contributed by atoms with E-state index in [2.05, 4.69) is 0 Å². The van der Waals surface area contributed by atoms with Crippen molar-refractivity contribution in [3.63, 3.8) is 0 Å². The SMILES string of the molecule is CC=C(N(C)C)N(CCO)CCO. The number of hydrogen-bond donors (Lipinski definition) is 2. The molecule has 4 heteroatoms. The molecule has 2 N–H and O–H groups in total. The van der Waals surface area contributed by atoms with Crippen LogP contribution < -0.4 is 0 Å². The minimum atomic E-state index is 0.102. The van der Waals surface area contributed by atoms with Crippen LogP contribution in [0, 0.1) is 0 Å². The maximum atomic E-state index is 8.82. The van der Waals surface area contributed by atoms with Gasteiger partial charge in [-0.15, -0.1) is 0 Å². The third kappa shape index (κ3) is 4.15.